The molecule has 0 saturated heterocycles. The van der Waals surface area contributed by atoms with Crippen molar-refractivity contribution in [2.45, 2.75) is 64.5 Å². The molecule has 2 amide bonds. The molecule has 0 unspecified atom stereocenters. The fraction of sp³-hybridized carbons (Fsp3) is 0.444. The Morgan fingerprint density at radius 2 is 1.50 bits per heavy atom. The maximum absolute atomic E-state index is 13.1. The van der Waals surface area contributed by atoms with Crippen LogP contribution >= 0.6 is 0 Å². The molecule has 0 aromatic heterocycles. The van der Waals surface area contributed by atoms with Gasteiger partial charge in [0.15, 0.2) is 0 Å². The molecular weight excluding hydrogens is 432 g/mol. The minimum atomic E-state index is -1.26. The highest BCUT2D eigenvalue weighted by molar-refractivity contribution is 5.92. The maximum atomic E-state index is 13.1. The van der Waals surface area contributed by atoms with Gasteiger partial charge in [-0.2, -0.15) is 0 Å². The van der Waals surface area contributed by atoms with Crippen molar-refractivity contribution in [1.82, 2.24) is 10.6 Å². The van der Waals surface area contributed by atoms with Gasteiger partial charge in [0.25, 0.3) is 0 Å². The predicted molar refractivity (Wildman–Crippen MR) is 131 cm³/mol. The van der Waals surface area contributed by atoms with E-state index < -0.39 is 29.6 Å². The van der Waals surface area contributed by atoms with Gasteiger partial charge in [-0.25, -0.2) is 9.59 Å². The van der Waals surface area contributed by atoms with Gasteiger partial charge in [0, 0.05) is 5.92 Å². The molecule has 1 atom stereocenters. The Balaban J connectivity index is 1.71. The molecule has 1 aliphatic carbocycles. The second-order valence-electron chi connectivity index (χ2n) is 9.23. The molecule has 3 rings (SSSR count). The molecule has 3 N–H and O–H groups in total. The monoisotopic (exact) mass is 466 g/mol. The van der Waals surface area contributed by atoms with Crippen LogP contribution in [0.2, 0.25) is 0 Å². The third-order valence-corrected chi connectivity index (χ3v) is 6.64. The van der Waals surface area contributed by atoms with Crippen molar-refractivity contribution in [3.63, 3.8) is 0 Å². The lowest BCUT2D eigenvalue weighted by Gasteiger charge is -2.32. The molecule has 0 saturated carbocycles. The van der Waals surface area contributed by atoms with Gasteiger partial charge in [0.05, 0.1) is 0 Å². The largest absolute Gasteiger partial charge is 0.480 e. The van der Waals surface area contributed by atoms with E-state index in [9.17, 15) is 19.5 Å². The number of hydrogen-bond acceptors (Lipinski definition) is 4. The topological polar surface area (TPSA) is 105 Å². The zero-order valence-electron chi connectivity index (χ0n) is 20.3. The minimum absolute atomic E-state index is 0.0907. The standard InChI is InChI=1S/C27H34N2O5/c1-5-27(6-2,25(32)28-23(24(30)31)15-17(3)4)29-26(33)34-16-22-20-13-9-7-11-18(20)19-12-8-10-14-21(19)22/h7-14,17,22-23H,5-6,15-16H2,1-4H3,(H,28,32)(H,29,33)(H,30,31)/t23-/m0/s1. The number of hydrogen-bond donors (Lipinski definition) is 3. The number of rotatable bonds is 10. The van der Waals surface area contributed by atoms with Crippen LogP contribution in [0, 0.1) is 5.92 Å². The molecule has 0 bridgehead atoms. The highest BCUT2D eigenvalue weighted by atomic mass is 16.5. The number of carboxylic acid groups (broad SMARTS) is 1. The number of carbonyl (C=O) groups excluding carboxylic acids is 2. The van der Waals surface area contributed by atoms with Crippen molar-refractivity contribution in [3.05, 3.63) is 59.7 Å². The first-order valence-corrected chi connectivity index (χ1v) is 11.9. The van der Waals surface area contributed by atoms with E-state index in [-0.39, 0.29) is 18.4 Å². The molecule has 7 nitrogen and oxygen atoms in total. The zero-order chi connectivity index (χ0) is 24.9. The number of alkyl carbamates (subject to hydrolysis) is 1. The Labute approximate surface area is 200 Å². The Bertz CT molecular complexity index is 999. The third kappa shape index (κ3) is 5.24. The van der Waals surface area contributed by atoms with Crippen LogP contribution in [0.25, 0.3) is 11.1 Å². The lowest BCUT2D eigenvalue weighted by molar-refractivity contribution is -0.143. The van der Waals surface area contributed by atoms with Crippen molar-refractivity contribution >= 4 is 18.0 Å². The molecule has 0 aliphatic heterocycles. The fourth-order valence-electron chi connectivity index (χ4n) is 4.62. The summed E-state index contributed by atoms with van der Waals surface area (Å²) in [7, 11) is 0. The lowest BCUT2D eigenvalue weighted by atomic mass is 9.91. The SMILES string of the molecule is CCC(CC)(NC(=O)OCC1c2ccccc2-c2ccccc21)C(=O)N[C@@H](CC(C)C)C(=O)O. The predicted octanol–water partition coefficient (Wildman–Crippen LogP) is 4.70. The van der Waals surface area contributed by atoms with E-state index in [4.69, 9.17) is 4.74 Å². The van der Waals surface area contributed by atoms with E-state index in [1.165, 1.54) is 0 Å². The van der Waals surface area contributed by atoms with Gasteiger partial charge in [-0.3, -0.25) is 4.79 Å². The summed E-state index contributed by atoms with van der Waals surface area (Å²) < 4.78 is 5.62. The number of aliphatic carboxylic acids is 1. The van der Waals surface area contributed by atoms with Gasteiger partial charge in [-0.15, -0.1) is 0 Å². The van der Waals surface area contributed by atoms with Crippen LogP contribution in [0.4, 0.5) is 4.79 Å². The molecule has 7 heteroatoms. The number of ether oxygens (including phenoxy) is 1. The first-order chi connectivity index (χ1) is 16.2. The highest BCUT2D eigenvalue weighted by Gasteiger charge is 2.39. The third-order valence-electron chi connectivity index (χ3n) is 6.64. The van der Waals surface area contributed by atoms with E-state index in [0.717, 1.165) is 22.3 Å². The van der Waals surface area contributed by atoms with Crippen molar-refractivity contribution in [1.29, 1.82) is 0 Å². The van der Waals surface area contributed by atoms with Gasteiger partial charge in [-0.1, -0.05) is 76.2 Å². The van der Waals surface area contributed by atoms with Crippen molar-refractivity contribution < 1.29 is 24.2 Å². The van der Waals surface area contributed by atoms with Crippen molar-refractivity contribution in [3.8, 4) is 11.1 Å². The van der Waals surface area contributed by atoms with E-state index in [1.54, 1.807) is 13.8 Å². The van der Waals surface area contributed by atoms with Gasteiger partial charge >= 0.3 is 12.1 Å². The average molecular weight is 467 g/mol. The van der Waals surface area contributed by atoms with E-state index in [2.05, 4.69) is 22.8 Å². The van der Waals surface area contributed by atoms with Crippen molar-refractivity contribution in [2.24, 2.45) is 5.92 Å². The molecule has 1 aliphatic rings. The molecule has 0 spiro atoms. The first kappa shape index (κ1) is 25.3. The van der Waals surface area contributed by atoms with Crippen LogP contribution in [-0.2, 0) is 14.3 Å². The zero-order valence-corrected chi connectivity index (χ0v) is 20.3. The number of carbonyl (C=O) groups is 3. The van der Waals surface area contributed by atoms with Crippen LogP contribution in [0.5, 0.6) is 0 Å². The van der Waals surface area contributed by atoms with Gasteiger partial charge in [0.1, 0.15) is 18.2 Å². The normalized spacial score (nSPS) is 13.7. The molecule has 34 heavy (non-hydrogen) atoms. The van der Waals surface area contributed by atoms with Gasteiger partial charge < -0.3 is 20.5 Å². The van der Waals surface area contributed by atoms with Crippen LogP contribution < -0.4 is 10.6 Å². The molecule has 0 heterocycles. The fourth-order valence-corrected chi connectivity index (χ4v) is 4.62. The number of amides is 2. The summed E-state index contributed by atoms with van der Waals surface area (Å²) in [6.07, 6.45) is 0.202. The average Bonchev–Trinajstić information content (AvgIpc) is 3.14. The van der Waals surface area contributed by atoms with Crippen LogP contribution in [-0.4, -0.2) is 41.3 Å². The maximum Gasteiger partial charge on any atom is 0.408 e. The number of carboxylic acids is 1. The summed E-state index contributed by atoms with van der Waals surface area (Å²) >= 11 is 0. The molecule has 2 aromatic rings. The number of benzene rings is 2. The van der Waals surface area contributed by atoms with E-state index in [0.29, 0.717) is 19.3 Å². The molecular formula is C27H34N2O5. The second-order valence-corrected chi connectivity index (χ2v) is 9.23. The Morgan fingerprint density at radius 1 is 0.971 bits per heavy atom. The van der Waals surface area contributed by atoms with Crippen LogP contribution in [0.3, 0.4) is 0 Å². The van der Waals surface area contributed by atoms with E-state index in [1.807, 2.05) is 50.2 Å². The van der Waals surface area contributed by atoms with Crippen molar-refractivity contribution in [2.75, 3.05) is 6.61 Å². The Morgan fingerprint density at radius 3 is 1.97 bits per heavy atom. The summed E-state index contributed by atoms with van der Waals surface area (Å²) in [4.78, 5) is 37.6. The highest BCUT2D eigenvalue weighted by Crippen LogP contribution is 2.44. The summed E-state index contributed by atoms with van der Waals surface area (Å²) in [6.45, 7) is 7.49. The Hall–Kier alpha value is -3.35. The minimum Gasteiger partial charge on any atom is -0.480 e. The van der Waals surface area contributed by atoms with Gasteiger partial charge in [0.2, 0.25) is 5.91 Å². The first-order valence-electron chi connectivity index (χ1n) is 11.9. The van der Waals surface area contributed by atoms with Crippen LogP contribution in [0.1, 0.15) is 64.0 Å². The van der Waals surface area contributed by atoms with Gasteiger partial charge in [-0.05, 0) is 47.4 Å². The quantitative estimate of drug-likeness (QED) is 0.471. The number of nitrogens with one attached hydrogen (secondary N) is 2. The summed E-state index contributed by atoms with van der Waals surface area (Å²) in [6, 6.07) is 15.1. The smallest absolute Gasteiger partial charge is 0.408 e. The molecule has 0 fully saturated rings. The summed E-state index contributed by atoms with van der Waals surface area (Å²) in [5, 5.41) is 14.8. The molecule has 0 radical (unpaired) electrons. The van der Waals surface area contributed by atoms with E-state index >= 15 is 0 Å². The second kappa shape index (κ2) is 10.7. The summed E-state index contributed by atoms with van der Waals surface area (Å²) in [5.41, 5.74) is 3.21. The summed E-state index contributed by atoms with van der Waals surface area (Å²) in [5.74, 6) is -1.61. The number of fused-ring (bicyclic) bond motifs is 3. The molecule has 182 valence electrons. The lowest BCUT2D eigenvalue weighted by Crippen LogP contribution is -2.60. The Kier molecular flexibility index (Phi) is 7.97. The van der Waals surface area contributed by atoms with Crippen LogP contribution in [0.15, 0.2) is 48.5 Å². The molecule has 2 aromatic carbocycles.